The first-order chi connectivity index (χ1) is 11.2. The van der Waals surface area contributed by atoms with Crippen LogP contribution in [0.1, 0.15) is 19.3 Å². The molecule has 0 spiro atoms. The lowest BCUT2D eigenvalue weighted by molar-refractivity contribution is -0.140. The SMILES string of the molecule is CO/N=C(\CCCC(=O)OC)CSc1ccc2ccccc2c1. The first-order valence-corrected chi connectivity index (χ1v) is 8.49. The zero-order valence-corrected chi connectivity index (χ0v) is 14.3. The molecule has 0 atom stereocenters. The maximum Gasteiger partial charge on any atom is 0.305 e. The molecule has 0 unspecified atom stereocenters. The second-order valence-electron chi connectivity index (χ2n) is 5.07. The third-order valence-electron chi connectivity index (χ3n) is 3.42. The van der Waals surface area contributed by atoms with Gasteiger partial charge in [0.1, 0.15) is 7.11 Å². The minimum absolute atomic E-state index is 0.191. The number of benzene rings is 2. The number of esters is 1. The molecule has 0 radical (unpaired) electrons. The lowest BCUT2D eigenvalue weighted by Crippen LogP contribution is -2.06. The highest BCUT2D eigenvalue weighted by molar-refractivity contribution is 8.00. The summed E-state index contributed by atoms with van der Waals surface area (Å²) in [5, 5.41) is 6.53. The largest absolute Gasteiger partial charge is 0.469 e. The van der Waals surface area contributed by atoms with Crippen molar-refractivity contribution in [1.29, 1.82) is 0 Å². The molecule has 0 aliphatic rings. The van der Waals surface area contributed by atoms with Crippen LogP contribution in [0.15, 0.2) is 52.5 Å². The number of carbonyl (C=O) groups is 1. The molecule has 0 bridgehead atoms. The Morgan fingerprint density at radius 2 is 1.87 bits per heavy atom. The molecular weight excluding hydrogens is 310 g/mol. The molecule has 5 heteroatoms. The summed E-state index contributed by atoms with van der Waals surface area (Å²) in [7, 11) is 2.95. The Balaban J connectivity index is 1.91. The fourth-order valence-corrected chi connectivity index (χ4v) is 3.14. The molecule has 2 aromatic rings. The van der Waals surface area contributed by atoms with Crippen LogP contribution in [0, 0.1) is 0 Å². The van der Waals surface area contributed by atoms with Crippen LogP contribution < -0.4 is 0 Å². The topological polar surface area (TPSA) is 47.9 Å². The molecule has 0 aromatic heterocycles. The maximum atomic E-state index is 11.2. The third-order valence-corrected chi connectivity index (χ3v) is 4.49. The first kappa shape index (κ1) is 17.3. The number of hydrogen-bond donors (Lipinski definition) is 0. The van der Waals surface area contributed by atoms with Crippen molar-refractivity contribution in [1.82, 2.24) is 0 Å². The van der Waals surface area contributed by atoms with Crippen molar-refractivity contribution in [3.8, 4) is 0 Å². The highest BCUT2D eigenvalue weighted by Crippen LogP contribution is 2.24. The van der Waals surface area contributed by atoms with E-state index < -0.39 is 0 Å². The first-order valence-electron chi connectivity index (χ1n) is 7.50. The Morgan fingerprint density at radius 1 is 1.09 bits per heavy atom. The lowest BCUT2D eigenvalue weighted by atomic mass is 10.1. The van der Waals surface area contributed by atoms with Crippen LogP contribution in [-0.2, 0) is 14.4 Å². The van der Waals surface area contributed by atoms with Gasteiger partial charge in [-0.15, -0.1) is 11.8 Å². The second-order valence-corrected chi connectivity index (χ2v) is 6.12. The van der Waals surface area contributed by atoms with Gasteiger partial charge in [-0.3, -0.25) is 4.79 Å². The van der Waals surface area contributed by atoms with Gasteiger partial charge in [-0.1, -0.05) is 35.5 Å². The number of hydrogen-bond acceptors (Lipinski definition) is 5. The van der Waals surface area contributed by atoms with Crippen LogP contribution >= 0.6 is 11.8 Å². The highest BCUT2D eigenvalue weighted by atomic mass is 32.2. The van der Waals surface area contributed by atoms with Crippen molar-refractivity contribution in [2.45, 2.75) is 24.2 Å². The van der Waals surface area contributed by atoms with Gasteiger partial charge in [0.25, 0.3) is 0 Å². The molecule has 4 nitrogen and oxygen atoms in total. The van der Waals surface area contributed by atoms with Crippen LogP contribution in [0.2, 0.25) is 0 Å². The van der Waals surface area contributed by atoms with E-state index in [1.54, 1.807) is 18.9 Å². The van der Waals surface area contributed by atoms with Crippen molar-refractivity contribution in [2.24, 2.45) is 5.16 Å². The van der Waals surface area contributed by atoms with Gasteiger partial charge in [-0.2, -0.15) is 0 Å². The normalized spacial score (nSPS) is 11.5. The summed E-state index contributed by atoms with van der Waals surface area (Å²) >= 11 is 1.72. The molecule has 0 aliphatic carbocycles. The lowest BCUT2D eigenvalue weighted by Gasteiger charge is -2.07. The zero-order valence-electron chi connectivity index (χ0n) is 13.5. The van der Waals surface area contributed by atoms with Crippen molar-refractivity contribution in [3.63, 3.8) is 0 Å². The van der Waals surface area contributed by atoms with E-state index in [4.69, 9.17) is 4.84 Å². The summed E-state index contributed by atoms with van der Waals surface area (Å²) in [4.78, 5) is 17.3. The summed E-state index contributed by atoms with van der Waals surface area (Å²) in [6.07, 6.45) is 1.84. The van der Waals surface area contributed by atoms with Gasteiger partial charge in [0.15, 0.2) is 0 Å². The van der Waals surface area contributed by atoms with Crippen LogP contribution in [0.25, 0.3) is 10.8 Å². The van der Waals surface area contributed by atoms with Gasteiger partial charge in [-0.25, -0.2) is 0 Å². The van der Waals surface area contributed by atoms with Gasteiger partial charge in [-0.05, 0) is 35.7 Å². The van der Waals surface area contributed by atoms with Crippen LogP contribution in [0.3, 0.4) is 0 Å². The Kier molecular flexibility index (Phi) is 6.94. The minimum atomic E-state index is -0.191. The highest BCUT2D eigenvalue weighted by Gasteiger charge is 2.06. The summed E-state index contributed by atoms with van der Waals surface area (Å²) in [6.45, 7) is 0. The number of thioether (sulfide) groups is 1. The van der Waals surface area contributed by atoms with E-state index in [0.717, 1.165) is 17.9 Å². The van der Waals surface area contributed by atoms with E-state index in [-0.39, 0.29) is 5.97 Å². The molecule has 23 heavy (non-hydrogen) atoms. The van der Waals surface area contributed by atoms with E-state index in [2.05, 4.69) is 40.2 Å². The summed E-state index contributed by atoms with van der Waals surface area (Å²) in [6, 6.07) is 14.7. The van der Waals surface area contributed by atoms with E-state index in [0.29, 0.717) is 12.8 Å². The number of fused-ring (bicyclic) bond motifs is 1. The van der Waals surface area contributed by atoms with Crippen molar-refractivity contribution >= 4 is 34.2 Å². The molecule has 0 N–H and O–H groups in total. The Hall–Kier alpha value is -2.01. The number of methoxy groups -OCH3 is 1. The number of oxime groups is 1. The minimum Gasteiger partial charge on any atom is -0.469 e. The Bertz CT molecular complexity index is 685. The summed E-state index contributed by atoms with van der Waals surface area (Å²) in [5.41, 5.74) is 0.939. The molecule has 0 aliphatic heterocycles. The van der Waals surface area contributed by atoms with Gasteiger partial charge in [0.2, 0.25) is 0 Å². The van der Waals surface area contributed by atoms with Crippen LogP contribution in [0.5, 0.6) is 0 Å². The smallest absolute Gasteiger partial charge is 0.305 e. The van der Waals surface area contributed by atoms with Crippen molar-refractivity contribution < 1.29 is 14.4 Å². The molecule has 2 rings (SSSR count). The van der Waals surface area contributed by atoms with Gasteiger partial charge < -0.3 is 9.57 Å². The summed E-state index contributed by atoms with van der Waals surface area (Å²) in [5.74, 6) is 0.553. The van der Waals surface area contributed by atoms with Gasteiger partial charge in [0.05, 0.1) is 12.8 Å². The molecule has 122 valence electrons. The average Bonchev–Trinajstić information content (AvgIpc) is 2.59. The summed E-state index contributed by atoms with van der Waals surface area (Å²) < 4.78 is 4.65. The number of carbonyl (C=O) groups excluding carboxylic acids is 1. The molecule has 0 amide bonds. The maximum absolute atomic E-state index is 11.2. The van der Waals surface area contributed by atoms with E-state index in [1.165, 1.54) is 22.8 Å². The fraction of sp³-hybridized carbons (Fsp3) is 0.333. The van der Waals surface area contributed by atoms with Crippen molar-refractivity contribution in [2.75, 3.05) is 20.0 Å². The Morgan fingerprint density at radius 3 is 2.61 bits per heavy atom. The predicted octanol–water partition coefficient (Wildman–Crippen LogP) is 4.28. The average molecular weight is 331 g/mol. The Labute approximate surface area is 140 Å². The van der Waals surface area contributed by atoms with E-state index >= 15 is 0 Å². The fourth-order valence-electron chi connectivity index (χ4n) is 2.24. The zero-order chi connectivity index (χ0) is 16.5. The number of rotatable bonds is 8. The molecule has 0 heterocycles. The van der Waals surface area contributed by atoms with Gasteiger partial charge in [0, 0.05) is 17.1 Å². The second kappa shape index (κ2) is 9.20. The monoisotopic (exact) mass is 331 g/mol. The quantitative estimate of drug-likeness (QED) is 0.313. The molecule has 2 aromatic carbocycles. The number of ether oxygens (including phenoxy) is 1. The molecule has 0 fully saturated rings. The molecule has 0 saturated heterocycles. The van der Waals surface area contributed by atoms with E-state index in [9.17, 15) is 4.79 Å². The van der Waals surface area contributed by atoms with Gasteiger partial charge >= 0.3 is 5.97 Å². The molecule has 0 saturated carbocycles. The molecular formula is C18H21NO3S. The number of nitrogens with zero attached hydrogens (tertiary/aromatic N) is 1. The van der Waals surface area contributed by atoms with Crippen LogP contribution in [0.4, 0.5) is 0 Å². The van der Waals surface area contributed by atoms with Crippen molar-refractivity contribution in [3.05, 3.63) is 42.5 Å². The predicted molar refractivity (Wildman–Crippen MR) is 95.0 cm³/mol. The van der Waals surface area contributed by atoms with Crippen LogP contribution in [-0.4, -0.2) is 31.7 Å². The van der Waals surface area contributed by atoms with E-state index in [1.807, 2.05) is 12.1 Å². The third kappa shape index (κ3) is 5.60. The standard InChI is InChI=1S/C18H21NO3S/c1-21-18(20)9-5-8-16(19-22-2)13-23-17-11-10-14-6-3-4-7-15(14)12-17/h3-4,6-7,10-12H,5,8-9,13H2,1-2H3/b19-16+.